The maximum absolute atomic E-state index is 13.6. The van der Waals surface area contributed by atoms with Crippen LogP contribution in [0.4, 0.5) is 0 Å². The third-order valence-electron chi connectivity index (χ3n) is 7.75. The molecule has 0 bridgehead atoms. The first-order valence-electron chi connectivity index (χ1n) is 16.3. The molecule has 1 aliphatic heterocycles. The number of nitrogens with zero attached hydrogens (tertiary/aromatic N) is 2. The van der Waals surface area contributed by atoms with Crippen molar-refractivity contribution in [1.29, 1.82) is 0 Å². The fourth-order valence-corrected chi connectivity index (χ4v) is 5.33. The highest BCUT2D eigenvalue weighted by atomic mass is 16.5. The van der Waals surface area contributed by atoms with Crippen molar-refractivity contribution >= 4 is 29.5 Å². The summed E-state index contributed by atoms with van der Waals surface area (Å²) in [5.74, 6) is -1.74. The summed E-state index contributed by atoms with van der Waals surface area (Å²) in [5, 5.41) is 11.5. The van der Waals surface area contributed by atoms with Gasteiger partial charge in [0.2, 0.25) is 23.6 Å². The first kappa shape index (κ1) is 37.0. The van der Waals surface area contributed by atoms with Crippen molar-refractivity contribution in [2.45, 2.75) is 64.1 Å². The van der Waals surface area contributed by atoms with Crippen LogP contribution in [0.5, 0.6) is 5.75 Å². The van der Waals surface area contributed by atoms with Gasteiger partial charge in [0.25, 0.3) is 5.91 Å². The zero-order chi connectivity index (χ0) is 34.3. The van der Waals surface area contributed by atoms with Crippen LogP contribution in [0.15, 0.2) is 54.6 Å². The van der Waals surface area contributed by atoms with Crippen molar-refractivity contribution < 1.29 is 28.7 Å². The molecule has 2 aromatic carbocycles. The Morgan fingerprint density at radius 2 is 1.66 bits per heavy atom. The maximum atomic E-state index is 13.6. The Morgan fingerprint density at radius 1 is 0.957 bits per heavy atom. The average molecular weight is 651 g/mol. The first-order valence-corrected chi connectivity index (χ1v) is 16.3. The van der Waals surface area contributed by atoms with E-state index in [1.165, 1.54) is 11.9 Å². The molecule has 0 aliphatic carbocycles. The summed E-state index contributed by atoms with van der Waals surface area (Å²) in [5.41, 5.74) is 0.779. The van der Waals surface area contributed by atoms with Gasteiger partial charge in [-0.2, -0.15) is 0 Å². The van der Waals surface area contributed by atoms with Crippen LogP contribution in [0.1, 0.15) is 67.9 Å². The highest BCUT2D eigenvalue weighted by molar-refractivity contribution is 6.00. The summed E-state index contributed by atoms with van der Waals surface area (Å²) in [6.07, 6.45) is 2.09. The summed E-state index contributed by atoms with van der Waals surface area (Å²) in [7, 11) is 5.48. The molecule has 1 aliphatic rings. The summed E-state index contributed by atoms with van der Waals surface area (Å²) in [4.78, 5) is 70.3. The number of amides is 5. The lowest BCUT2D eigenvalue weighted by atomic mass is 10.0. The van der Waals surface area contributed by atoms with Gasteiger partial charge in [-0.05, 0) is 69.9 Å². The van der Waals surface area contributed by atoms with Gasteiger partial charge in [-0.1, -0.05) is 56.3 Å². The number of likely N-dealkylation sites (N-methyl/N-ethyl adjacent to an activating group) is 1. The van der Waals surface area contributed by atoms with Crippen LogP contribution >= 0.6 is 0 Å². The largest absolute Gasteiger partial charge is 0.491 e. The summed E-state index contributed by atoms with van der Waals surface area (Å²) in [6, 6.07) is 13.0. The van der Waals surface area contributed by atoms with Crippen LogP contribution in [0, 0.1) is 5.92 Å². The van der Waals surface area contributed by atoms with Crippen LogP contribution in [0.25, 0.3) is 0 Å². The molecule has 1 heterocycles. The van der Waals surface area contributed by atoms with Crippen LogP contribution in [-0.4, -0.2) is 98.8 Å². The van der Waals surface area contributed by atoms with Crippen molar-refractivity contribution in [2.75, 3.05) is 47.4 Å². The number of hydrogen-bond donors (Lipinski definition) is 4. The predicted octanol–water partition coefficient (Wildman–Crippen LogP) is 2.26. The molecule has 3 atom stereocenters. The number of carbonyl (C=O) groups is 5. The quantitative estimate of drug-likeness (QED) is 0.304. The highest BCUT2D eigenvalue weighted by Crippen LogP contribution is 2.20. The second-order valence-electron chi connectivity index (χ2n) is 12.7. The number of carbonyl (C=O) groups excluding carboxylic acids is 5. The lowest BCUT2D eigenvalue weighted by Gasteiger charge is -2.27. The van der Waals surface area contributed by atoms with E-state index in [9.17, 15) is 24.0 Å². The number of nitrogens with one attached hydrogen (secondary N) is 4. The summed E-state index contributed by atoms with van der Waals surface area (Å²) in [6.45, 7) is 5.20. The molecule has 0 unspecified atom stereocenters. The minimum Gasteiger partial charge on any atom is -0.491 e. The Kier molecular flexibility index (Phi) is 14.7. The lowest BCUT2D eigenvalue weighted by molar-refractivity contribution is -0.138. The van der Waals surface area contributed by atoms with E-state index in [0.717, 1.165) is 19.4 Å². The lowest BCUT2D eigenvalue weighted by Crippen LogP contribution is -2.49. The minimum absolute atomic E-state index is 0.00542. The third kappa shape index (κ3) is 12.3. The zero-order valence-electron chi connectivity index (χ0n) is 28.2. The molecule has 0 fully saturated rings. The second kappa shape index (κ2) is 18.6. The number of unbranched alkanes of at least 4 members (excludes halogenated alkanes) is 1. The number of para-hydroxylation sites is 1. The zero-order valence-corrected chi connectivity index (χ0v) is 28.2. The molecule has 12 nitrogen and oxygen atoms in total. The molecule has 0 aromatic heterocycles. The minimum atomic E-state index is -1.05. The van der Waals surface area contributed by atoms with Gasteiger partial charge in [0.1, 0.15) is 24.4 Å². The van der Waals surface area contributed by atoms with E-state index in [4.69, 9.17) is 4.74 Å². The van der Waals surface area contributed by atoms with Gasteiger partial charge >= 0.3 is 0 Å². The maximum Gasteiger partial charge on any atom is 0.255 e. The number of benzene rings is 2. The van der Waals surface area contributed by atoms with Gasteiger partial charge in [0, 0.05) is 20.0 Å². The molecule has 0 spiro atoms. The SMILES string of the molecule is CC(C)C[C@H]1COc2ccccc2C(=O)N[C@H](C(=O)NCCCCN(C)C)CCC(=O)N[C@@H](c2ccccc2)C(=O)N(C)CC(=O)N1. The van der Waals surface area contributed by atoms with Crippen molar-refractivity contribution in [3.63, 3.8) is 0 Å². The van der Waals surface area contributed by atoms with E-state index in [-0.39, 0.29) is 43.4 Å². The Bertz CT molecular complexity index is 1350. The highest BCUT2D eigenvalue weighted by Gasteiger charge is 2.29. The third-order valence-corrected chi connectivity index (χ3v) is 7.75. The Labute approximate surface area is 278 Å². The van der Waals surface area contributed by atoms with Gasteiger partial charge in [0.15, 0.2) is 0 Å². The summed E-state index contributed by atoms with van der Waals surface area (Å²) >= 11 is 0. The fraction of sp³-hybridized carbons (Fsp3) is 0.514. The number of fused-ring (bicyclic) bond motifs is 1. The Morgan fingerprint density at radius 3 is 2.36 bits per heavy atom. The Balaban J connectivity index is 1.91. The van der Waals surface area contributed by atoms with Gasteiger partial charge in [0.05, 0.1) is 18.2 Å². The monoisotopic (exact) mass is 650 g/mol. The molecule has 5 amide bonds. The molecule has 12 heteroatoms. The topological polar surface area (TPSA) is 149 Å². The molecule has 2 aromatic rings. The molecule has 3 rings (SSSR count). The van der Waals surface area contributed by atoms with Crippen molar-refractivity contribution in [2.24, 2.45) is 5.92 Å². The van der Waals surface area contributed by atoms with Gasteiger partial charge in [-0.3, -0.25) is 24.0 Å². The van der Waals surface area contributed by atoms with Crippen LogP contribution in [0.2, 0.25) is 0 Å². The van der Waals surface area contributed by atoms with E-state index >= 15 is 0 Å². The number of hydrogen-bond acceptors (Lipinski definition) is 7. The average Bonchev–Trinajstić information content (AvgIpc) is 3.03. The number of ether oxygens (including phenoxy) is 1. The van der Waals surface area contributed by atoms with Crippen molar-refractivity contribution in [1.82, 2.24) is 31.1 Å². The molecule has 4 N–H and O–H groups in total. The predicted molar refractivity (Wildman–Crippen MR) is 180 cm³/mol. The summed E-state index contributed by atoms with van der Waals surface area (Å²) < 4.78 is 6.09. The normalized spacial score (nSPS) is 20.3. The standard InChI is InChI=1S/C35H50N6O6/c1-24(2)21-26-23-47-29-16-10-9-15-27(29)33(44)38-28(34(45)36-19-11-12-20-40(3)4)17-18-30(42)39-32(25-13-7-6-8-14-25)35(46)41(5)22-31(43)37-26/h6-10,13-16,24,26,28,32H,11-12,17-23H2,1-5H3,(H,36,45)(H,37,43)(H,38,44)(H,39,42)/t26-,28-,32-/m0/s1. The molecule has 256 valence electrons. The van der Waals surface area contributed by atoms with Gasteiger partial charge in [-0.25, -0.2) is 0 Å². The van der Waals surface area contributed by atoms with Crippen molar-refractivity contribution in [3.05, 3.63) is 65.7 Å². The van der Waals surface area contributed by atoms with Crippen LogP contribution < -0.4 is 26.0 Å². The fourth-order valence-electron chi connectivity index (χ4n) is 5.33. The van der Waals surface area contributed by atoms with Gasteiger partial charge in [-0.15, -0.1) is 0 Å². The molecule has 0 radical (unpaired) electrons. The van der Waals surface area contributed by atoms with Crippen LogP contribution in [-0.2, 0) is 19.2 Å². The Hall–Kier alpha value is -4.45. The van der Waals surface area contributed by atoms with E-state index in [0.29, 0.717) is 24.3 Å². The molecule has 0 saturated carbocycles. The van der Waals surface area contributed by atoms with Crippen LogP contribution in [0.3, 0.4) is 0 Å². The van der Waals surface area contributed by atoms with E-state index in [1.54, 1.807) is 54.6 Å². The van der Waals surface area contributed by atoms with Crippen molar-refractivity contribution in [3.8, 4) is 5.75 Å². The molecule has 0 saturated heterocycles. The number of rotatable bonds is 9. The molecule has 47 heavy (non-hydrogen) atoms. The molecular weight excluding hydrogens is 600 g/mol. The van der Waals surface area contributed by atoms with Gasteiger partial charge < -0.3 is 35.8 Å². The smallest absolute Gasteiger partial charge is 0.255 e. The van der Waals surface area contributed by atoms with E-state index < -0.39 is 41.8 Å². The second-order valence-corrected chi connectivity index (χ2v) is 12.7. The first-order chi connectivity index (χ1) is 22.4. The molecular formula is C35H50N6O6. The van der Waals surface area contributed by atoms with E-state index in [2.05, 4.69) is 26.2 Å². The van der Waals surface area contributed by atoms with E-state index in [1.807, 2.05) is 27.9 Å².